The van der Waals surface area contributed by atoms with E-state index in [1.807, 2.05) is 0 Å². The summed E-state index contributed by atoms with van der Waals surface area (Å²) in [6, 6.07) is 0. The Morgan fingerprint density at radius 1 is 1.18 bits per heavy atom. The summed E-state index contributed by atoms with van der Waals surface area (Å²) in [6.45, 7) is 2.37. The maximum absolute atomic E-state index is 8.72. The number of rotatable bonds is 6. The molecular formula is C7H14O4. The summed E-state index contributed by atoms with van der Waals surface area (Å²) in [4.78, 5) is 0. The van der Waals surface area contributed by atoms with Gasteiger partial charge in [0.25, 0.3) is 0 Å². The standard InChI is InChI=1S/C7H14O4/c1-2-3-11-7(4-8,5-9)6-10/h2,8-10H,1,3-6H2. The van der Waals surface area contributed by atoms with Crippen molar-refractivity contribution in [2.45, 2.75) is 5.60 Å². The molecule has 0 aromatic rings. The van der Waals surface area contributed by atoms with E-state index < -0.39 is 25.4 Å². The first-order chi connectivity index (χ1) is 5.24. The summed E-state index contributed by atoms with van der Waals surface area (Å²) in [7, 11) is 0. The molecule has 0 saturated heterocycles. The fourth-order valence-electron chi connectivity index (χ4n) is 0.523. The fourth-order valence-corrected chi connectivity index (χ4v) is 0.523. The van der Waals surface area contributed by atoms with Crippen molar-refractivity contribution in [2.24, 2.45) is 0 Å². The van der Waals surface area contributed by atoms with Gasteiger partial charge in [0.1, 0.15) is 5.60 Å². The van der Waals surface area contributed by atoms with E-state index in [2.05, 4.69) is 6.58 Å². The predicted molar refractivity (Wildman–Crippen MR) is 40.1 cm³/mol. The first kappa shape index (κ1) is 10.6. The number of hydrogen-bond donors (Lipinski definition) is 3. The van der Waals surface area contributed by atoms with Crippen molar-refractivity contribution >= 4 is 0 Å². The molecule has 0 aromatic heterocycles. The van der Waals surface area contributed by atoms with Crippen LogP contribution in [0.1, 0.15) is 0 Å². The number of ether oxygens (including phenoxy) is 1. The Morgan fingerprint density at radius 3 is 1.91 bits per heavy atom. The van der Waals surface area contributed by atoms with Gasteiger partial charge in [0, 0.05) is 0 Å². The first-order valence-corrected chi connectivity index (χ1v) is 3.32. The minimum absolute atomic E-state index is 0.196. The first-order valence-electron chi connectivity index (χ1n) is 3.32. The third-order valence-corrected chi connectivity index (χ3v) is 1.37. The highest BCUT2D eigenvalue weighted by Crippen LogP contribution is 2.07. The van der Waals surface area contributed by atoms with E-state index >= 15 is 0 Å². The molecule has 0 unspecified atom stereocenters. The molecule has 0 heterocycles. The van der Waals surface area contributed by atoms with Crippen LogP contribution >= 0.6 is 0 Å². The largest absolute Gasteiger partial charge is 0.393 e. The number of aliphatic hydroxyl groups excluding tert-OH is 3. The minimum Gasteiger partial charge on any atom is -0.393 e. The average molecular weight is 162 g/mol. The molecule has 4 nitrogen and oxygen atoms in total. The monoisotopic (exact) mass is 162 g/mol. The molecule has 0 aliphatic heterocycles. The molecule has 11 heavy (non-hydrogen) atoms. The van der Waals surface area contributed by atoms with Crippen molar-refractivity contribution in [1.29, 1.82) is 0 Å². The van der Waals surface area contributed by atoms with Gasteiger partial charge >= 0.3 is 0 Å². The third kappa shape index (κ3) is 2.98. The molecule has 0 radical (unpaired) electrons. The van der Waals surface area contributed by atoms with E-state index in [0.717, 1.165) is 0 Å². The van der Waals surface area contributed by atoms with Crippen LogP contribution < -0.4 is 0 Å². The van der Waals surface area contributed by atoms with Gasteiger partial charge in [-0.15, -0.1) is 6.58 Å². The molecular weight excluding hydrogens is 148 g/mol. The van der Waals surface area contributed by atoms with Crippen LogP contribution in [-0.2, 0) is 4.74 Å². The Bertz CT molecular complexity index is 101. The summed E-state index contributed by atoms with van der Waals surface area (Å²) in [6.07, 6.45) is 1.48. The smallest absolute Gasteiger partial charge is 0.137 e. The highest BCUT2D eigenvalue weighted by Gasteiger charge is 2.28. The van der Waals surface area contributed by atoms with Crippen LogP contribution in [0.3, 0.4) is 0 Å². The second-order valence-corrected chi connectivity index (χ2v) is 2.26. The van der Waals surface area contributed by atoms with Crippen LogP contribution in [0.2, 0.25) is 0 Å². The molecule has 0 aliphatic rings. The lowest BCUT2D eigenvalue weighted by Gasteiger charge is -2.26. The van der Waals surface area contributed by atoms with Crippen LogP contribution in [0.5, 0.6) is 0 Å². The Kier molecular flexibility index (Phi) is 5.06. The second-order valence-electron chi connectivity index (χ2n) is 2.26. The van der Waals surface area contributed by atoms with E-state index in [1.54, 1.807) is 0 Å². The predicted octanol–water partition coefficient (Wildman–Crippen LogP) is -1.10. The lowest BCUT2D eigenvalue weighted by molar-refractivity contribution is -0.124. The summed E-state index contributed by atoms with van der Waals surface area (Å²) >= 11 is 0. The quantitative estimate of drug-likeness (QED) is 0.434. The van der Waals surface area contributed by atoms with Crippen molar-refractivity contribution in [3.8, 4) is 0 Å². The van der Waals surface area contributed by atoms with E-state index in [9.17, 15) is 0 Å². The van der Waals surface area contributed by atoms with Gasteiger partial charge in [-0.1, -0.05) is 6.08 Å². The van der Waals surface area contributed by atoms with Crippen molar-refractivity contribution in [3.63, 3.8) is 0 Å². The molecule has 0 spiro atoms. The zero-order chi connectivity index (χ0) is 8.74. The molecule has 0 rings (SSSR count). The molecule has 0 fully saturated rings. The summed E-state index contributed by atoms with van der Waals surface area (Å²) in [5.41, 5.74) is -1.23. The molecule has 0 amide bonds. The Morgan fingerprint density at radius 2 is 1.64 bits per heavy atom. The van der Waals surface area contributed by atoms with Gasteiger partial charge in [0.2, 0.25) is 0 Å². The van der Waals surface area contributed by atoms with E-state index in [-0.39, 0.29) is 6.61 Å². The van der Waals surface area contributed by atoms with Gasteiger partial charge in [-0.3, -0.25) is 0 Å². The van der Waals surface area contributed by atoms with Crippen molar-refractivity contribution in [3.05, 3.63) is 12.7 Å². The van der Waals surface area contributed by atoms with Gasteiger partial charge in [-0.25, -0.2) is 0 Å². The van der Waals surface area contributed by atoms with Crippen molar-refractivity contribution in [1.82, 2.24) is 0 Å². The van der Waals surface area contributed by atoms with Crippen LogP contribution in [-0.4, -0.2) is 47.3 Å². The molecule has 3 N–H and O–H groups in total. The average Bonchev–Trinajstić information content (AvgIpc) is 2.08. The Labute approximate surface area is 65.7 Å². The van der Waals surface area contributed by atoms with Gasteiger partial charge in [0.05, 0.1) is 26.4 Å². The topological polar surface area (TPSA) is 69.9 Å². The SMILES string of the molecule is C=CCOC(CO)(CO)CO. The van der Waals surface area contributed by atoms with Crippen LogP contribution in [0.15, 0.2) is 12.7 Å². The van der Waals surface area contributed by atoms with Crippen LogP contribution in [0.4, 0.5) is 0 Å². The normalized spacial score (nSPS) is 11.5. The van der Waals surface area contributed by atoms with Crippen LogP contribution in [0.25, 0.3) is 0 Å². The molecule has 0 aliphatic carbocycles. The lowest BCUT2D eigenvalue weighted by atomic mass is 10.1. The van der Waals surface area contributed by atoms with Crippen molar-refractivity contribution in [2.75, 3.05) is 26.4 Å². The minimum atomic E-state index is -1.23. The third-order valence-electron chi connectivity index (χ3n) is 1.37. The van der Waals surface area contributed by atoms with Crippen LogP contribution in [0, 0.1) is 0 Å². The maximum Gasteiger partial charge on any atom is 0.137 e. The fraction of sp³-hybridized carbons (Fsp3) is 0.714. The summed E-state index contributed by atoms with van der Waals surface area (Å²) in [5, 5.41) is 26.2. The zero-order valence-corrected chi connectivity index (χ0v) is 6.36. The van der Waals surface area contributed by atoms with Gasteiger partial charge in [-0.2, -0.15) is 0 Å². The van der Waals surface area contributed by atoms with Crippen molar-refractivity contribution < 1.29 is 20.1 Å². The highest BCUT2D eigenvalue weighted by atomic mass is 16.5. The van der Waals surface area contributed by atoms with Gasteiger partial charge in [0.15, 0.2) is 0 Å². The lowest BCUT2D eigenvalue weighted by Crippen LogP contribution is -2.44. The molecule has 0 bridgehead atoms. The Hall–Kier alpha value is -0.420. The molecule has 4 heteroatoms. The molecule has 0 aromatic carbocycles. The molecule has 0 saturated carbocycles. The number of aliphatic hydroxyl groups is 3. The van der Waals surface area contributed by atoms with Gasteiger partial charge < -0.3 is 20.1 Å². The van der Waals surface area contributed by atoms with E-state index in [1.165, 1.54) is 6.08 Å². The highest BCUT2D eigenvalue weighted by molar-refractivity contribution is 4.80. The maximum atomic E-state index is 8.72. The molecule has 66 valence electrons. The second kappa shape index (κ2) is 5.26. The van der Waals surface area contributed by atoms with E-state index in [0.29, 0.717) is 0 Å². The Balaban J connectivity index is 3.93. The number of hydrogen-bond acceptors (Lipinski definition) is 4. The van der Waals surface area contributed by atoms with E-state index in [4.69, 9.17) is 20.1 Å². The molecule has 0 atom stereocenters. The summed E-state index contributed by atoms with van der Waals surface area (Å²) in [5.74, 6) is 0. The van der Waals surface area contributed by atoms with Gasteiger partial charge in [-0.05, 0) is 0 Å². The summed E-state index contributed by atoms with van der Waals surface area (Å²) < 4.78 is 4.96. The zero-order valence-electron chi connectivity index (χ0n) is 6.36.